The zero-order chi connectivity index (χ0) is 14.1. The first kappa shape index (κ1) is 12.7. The van der Waals surface area contributed by atoms with E-state index in [9.17, 15) is 0 Å². The number of aromatic nitrogens is 1. The van der Waals surface area contributed by atoms with Gasteiger partial charge in [0, 0.05) is 24.2 Å². The molecule has 0 amide bonds. The van der Waals surface area contributed by atoms with Crippen molar-refractivity contribution in [3.63, 3.8) is 0 Å². The topological polar surface area (TPSA) is 55.4 Å². The number of nitrogens with one attached hydrogen (secondary N) is 2. The van der Waals surface area contributed by atoms with E-state index in [1.54, 1.807) is 0 Å². The van der Waals surface area contributed by atoms with Gasteiger partial charge in [0.15, 0.2) is 11.5 Å². The molecule has 5 heteroatoms. The van der Waals surface area contributed by atoms with Gasteiger partial charge in [0.05, 0.1) is 0 Å². The van der Waals surface area contributed by atoms with Gasteiger partial charge < -0.3 is 20.1 Å². The van der Waals surface area contributed by atoms with Crippen LogP contribution in [0.1, 0.15) is 12.8 Å². The van der Waals surface area contributed by atoms with E-state index in [1.807, 2.05) is 24.4 Å². The fourth-order valence-corrected chi connectivity index (χ4v) is 2.99. The maximum Gasteiger partial charge on any atom is 0.162 e. The second-order valence-corrected chi connectivity index (χ2v) is 5.56. The molecule has 2 aliphatic heterocycles. The van der Waals surface area contributed by atoms with Gasteiger partial charge in [-0.25, -0.2) is 4.98 Å². The Hall–Kier alpha value is -2.01. The summed E-state index contributed by atoms with van der Waals surface area (Å²) in [6, 6.07) is 6.52. The predicted molar refractivity (Wildman–Crippen MR) is 82.2 cm³/mol. The molecular weight excluding hydrogens is 266 g/mol. The molecule has 0 spiro atoms. The summed E-state index contributed by atoms with van der Waals surface area (Å²) < 4.78 is 11.3. The number of nitrogens with zero attached hydrogens (tertiary/aromatic N) is 1. The Kier molecular flexibility index (Phi) is 3.27. The molecule has 0 aliphatic carbocycles. The molecule has 3 heterocycles. The molecule has 1 unspecified atom stereocenters. The van der Waals surface area contributed by atoms with Crippen LogP contribution in [-0.4, -0.2) is 37.3 Å². The summed E-state index contributed by atoms with van der Waals surface area (Å²) in [5, 5.41) is 9.19. The van der Waals surface area contributed by atoms with Crippen molar-refractivity contribution in [2.45, 2.75) is 18.9 Å². The van der Waals surface area contributed by atoms with Gasteiger partial charge in [0.25, 0.3) is 0 Å². The van der Waals surface area contributed by atoms with Crippen LogP contribution in [0.15, 0.2) is 24.4 Å². The molecule has 1 atom stereocenters. The van der Waals surface area contributed by atoms with E-state index < -0.39 is 0 Å². The average molecular weight is 285 g/mol. The summed E-state index contributed by atoms with van der Waals surface area (Å²) in [4.78, 5) is 4.51. The minimum atomic E-state index is 0.435. The van der Waals surface area contributed by atoms with E-state index in [0.717, 1.165) is 41.2 Å². The molecule has 21 heavy (non-hydrogen) atoms. The number of rotatable bonds is 2. The monoisotopic (exact) mass is 285 g/mol. The third-order valence-corrected chi connectivity index (χ3v) is 4.06. The second kappa shape index (κ2) is 5.41. The van der Waals surface area contributed by atoms with Gasteiger partial charge in [0.2, 0.25) is 0 Å². The molecule has 1 aromatic carbocycles. The summed E-state index contributed by atoms with van der Waals surface area (Å²) in [5.74, 6) is 2.56. The molecule has 1 saturated heterocycles. The first-order chi connectivity index (χ1) is 10.4. The van der Waals surface area contributed by atoms with Gasteiger partial charge >= 0.3 is 0 Å². The summed E-state index contributed by atoms with van der Waals surface area (Å²) in [6.45, 7) is 3.32. The Morgan fingerprint density at radius 1 is 1.19 bits per heavy atom. The van der Waals surface area contributed by atoms with Gasteiger partial charge in [-0.15, -0.1) is 0 Å². The van der Waals surface area contributed by atoms with E-state index >= 15 is 0 Å². The number of hydrogen-bond acceptors (Lipinski definition) is 5. The van der Waals surface area contributed by atoms with Crippen LogP contribution in [0.4, 0.5) is 5.82 Å². The molecule has 5 nitrogen and oxygen atoms in total. The highest BCUT2D eigenvalue weighted by Crippen LogP contribution is 2.36. The molecule has 0 saturated carbocycles. The van der Waals surface area contributed by atoms with Crippen LogP contribution in [0.5, 0.6) is 11.5 Å². The van der Waals surface area contributed by atoms with E-state index in [2.05, 4.69) is 15.6 Å². The zero-order valence-electron chi connectivity index (χ0n) is 11.9. The molecule has 0 bridgehead atoms. The van der Waals surface area contributed by atoms with Crippen LogP contribution in [-0.2, 0) is 0 Å². The highest BCUT2D eigenvalue weighted by atomic mass is 16.6. The fraction of sp³-hybridized carbons (Fsp3) is 0.438. The first-order valence-electron chi connectivity index (χ1n) is 7.56. The van der Waals surface area contributed by atoms with Crippen LogP contribution >= 0.6 is 0 Å². The minimum absolute atomic E-state index is 0.435. The summed E-state index contributed by atoms with van der Waals surface area (Å²) >= 11 is 0. The number of piperidine rings is 1. The van der Waals surface area contributed by atoms with Crippen molar-refractivity contribution in [1.29, 1.82) is 0 Å². The lowest BCUT2D eigenvalue weighted by Gasteiger charge is -2.25. The van der Waals surface area contributed by atoms with Crippen molar-refractivity contribution in [3.8, 4) is 11.5 Å². The number of anilines is 1. The molecule has 110 valence electrons. The van der Waals surface area contributed by atoms with Crippen molar-refractivity contribution in [2.75, 3.05) is 31.6 Å². The minimum Gasteiger partial charge on any atom is -0.486 e. The second-order valence-electron chi connectivity index (χ2n) is 5.56. The fourth-order valence-electron chi connectivity index (χ4n) is 2.99. The normalized spacial score (nSPS) is 21.2. The van der Waals surface area contributed by atoms with Crippen molar-refractivity contribution < 1.29 is 9.47 Å². The van der Waals surface area contributed by atoms with E-state index in [4.69, 9.17) is 9.47 Å². The van der Waals surface area contributed by atoms with Gasteiger partial charge in [0.1, 0.15) is 19.0 Å². The number of fused-ring (bicyclic) bond motifs is 2. The van der Waals surface area contributed by atoms with E-state index in [-0.39, 0.29) is 0 Å². The summed E-state index contributed by atoms with van der Waals surface area (Å²) in [7, 11) is 0. The van der Waals surface area contributed by atoms with E-state index in [1.165, 1.54) is 12.8 Å². The molecular formula is C16H19N3O2. The molecule has 1 aromatic heterocycles. The highest BCUT2D eigenvalue weighted by molar-refractivity contribution is 5.94. The number of ether oxygens (including phenoxy) is 2. The Labute approximate surface area is 123 Å². The lowest BCUT2D eigenvalue weighted by atomic mass is 10.1. The SMILES string of the molecule is c1cc2cc3c(cc2c(NC2CCCNC2)n1)OCCO3. The van der Waals surface area contributed by atoms with E-state index in [0.29, 0.717) is 19.3 Å². The summed E-state index contributed by atoms with van der Waals surface area (Å²) in [5.41, 5.74) is 0. The van der Waals surface area contributed by atoms with Crippen LogP contribution in [0, 0.1) is 0 Å². The van der Waals surface area contributed by atoms with Crippen LogP contribution < -0.4 is 20.1 Å². The largest absolute Gasteiger partial charge is 0.486 e. The van der Waals surface area contributed by atoms with Crippen LogP contribution in [0.25, 0.3) is 10.8 Å². The quantitative estimate of drug-likeness (QED) is 0.885. The molecule has 2 N–H and O–H groups in total. The van der Waals surface area contributed by atoms with Crippen LogP contribution in [0.2, 0.25) is 0 Å². The molecule has 2 aliphatic rings. The molecule has 0 radical (unpaired) electrons. The van der Waals surface area contributed by atoms with Gasteiger partial charge in [-0.1, -0.05) is 0 Å². The smallest absolute Gasteiger partial charge is 0.162 e. The maximum absolute atomic E-state index is 5.68. The standard InChI is InChI=1S/C16H19N3O2/c1-2-12(10-17-4-1)19-16-13-9-15-14(20-6-7-21-15)8-11(13)3-5-18-16/h3,5,8-9,12,17H,1-2,4,6-7,10H2,(H,18,19). The van der Waals surface area contributed by atoms with Gasteiger partial charge in [-0.3, -0.25) is 0 Å². The lowest BCUT2D eigenvalue weighted by Crippen LogP contribution is -2.38. The van der Waals surface area contributed by atoms with Gasteiger partial charge in [-0.2, -0.15) is 0 Å². The van der Waals surface area contributed by atoms with Crippen molar-refractivity contribution >= 4 is 16.6 Å². The molecule has 2 aromatic rings. The third-order valence-electron chi connectivity index (χ3n) is 4.06. The highest BCUT2D eigenvalue weighted by Gasteiger charge is 2.17. The van der Waals surface area contributed by atoms with Gasteiger partial charge in [-0.05, 0) is 43.0 Å². The zero-order valence-corrected chi connectivity index (χ0v) is 11.9. The van der Waals surface area contributed by atoms with Crippen LogP contribution in [0.3, 0.4) is 0 Å². The Morgan fingerprint density at radius 2 is 2.05 bits per heavy atom. The Balaban J connectivity index is 1.71. The lowest BCUT2D eigenvalue weighted by molar-refractivity contribution is 0.172. The number of benzene rings is 1. The Morgan fingerprint density at radius 3 is 2.86 bits per heavy atom. The van der Waals surface area contributed by atoms with Crippen molar-refractivity contribution in [1.82, 2.24) is 10.3 Å². The first-order valence-corrected chi connectivity index (χ1v) is 7.56. The number of pyridine rings is 1. The summed E-state index contributed by atoms with van der Waals surface area (Å²) in [6.07, 6.45) is 4.22. The number of hydrogen-bond donors (Lipinski definition) is 2. The molecule has 1 fully saturated rings. The van der Waals surface area contributed by atoms with Crippen molar-refractivity contribution in [2.24, 2.45) is 0 Å². The molecule has 4 rings (SSSR count). The predicted octanol–water partition coefficient (Wildman–Crippen LogP) is 2.17. The maximum atomic E-state index is 5.68. The Bertz CT molecular complexity index is 653. The third kappa shape index (κ3) is 2.49. The van der Waals surface area contributed by atoms with Crippen molar-refractivity contribution in [3.05, 3.63) is 24.4 Å². The average Bonchev–Trinajstić information content (AvgIpc) is 2.54.